The van der Waals surface area contributed by atoms with Crippen LogP contribution in [-0.4, -0.2) is 47.0 Å². The Morgan fingerprint density at radius 1 is 1.23 bits per heavy atom. The van der Waals surface area contributed by atoms with Crippen LogP contribution in [0.1, 0.15) is 5.56 Å². The monoisotopic (exact) mass is 461 g/mol. The molecule has 162 valence electrons. The Balaban J connectivity index is 1.57. The molecule has 0 atom stereocenters. The van der Waals surface area contributed by atoms with Crippen molar-refractivity contribution in [2.75, 3.05) is 36.6 Å². The quantitative estimate of drug-likeness (QED) is 0.192. The van der Waals surface area contributed by atoms with Gasteiger partial charge in [0.2, 0.25) is 11.1 Å². The van der Waals surface area contributed by atoms with Crippen LogP contribution in [0.5, 0.6) is 11.5 Å². The zero-order valence-corrected chi connectivity index (χ0v) is 18.3. The second-order valence-corrected chi connectivity index (χ2v) is 7.35. The number of ether oxygens (including phenoxy) is 2. The zero-order valence-electron chi connectivity index (χ0n) is 16.7. The van der Waals surface area contributed by atoms with E-state index in [-0.39, 0.29) is 17.6 Å². The number of methoxy groups -OCH3 is 2. The number of rotatable bonds is 9. The Morgan fingerprint density at radius 3 is 2.77 bits per heavy atom. The van der Waals surface area contributed by atoms with Gasteiger partial charge in [0.1, 0.15) is 11.5 Å². The summed E-state index contributed by atoms with van der Waals surface area (Å²) in [6.07, 6.45) is 1.58. The van der Waals surface area contributed by atoms with Gasteiger partial charge < -0.3 is 20.6 Å². The molecule has 10 nitrogen and oxygen atoms in total. The summed E-state index contributed by atoms with van der Waals surface area (Å²) < 4.78 is 11.7. The number of halogens is 1. The minimum absolute atomic E-state index is 0.0511. The fraction of sp³-hybridized carbons (Fsp3) is 0.158. The molecule has 1 aromatic heterocycles. The molecule has 3 aromatic rings. The third-order valence-corrected chi connectivity index (χ3v) is 5.12. The van der Waals surface area contributed by atoms with Crippen LogP contribution in [-0.2, 0) is 4.79 Å². The number of benzene rings is 2. The molecule has 0 saturated heterocycles. The lowest BCUT2D eigenvalue weighted by molar-refractivity contribution is -0.113. The van der Waals surface area contributed by atoms with Crippen LogP contribution < -0.4 is 26.1 Å². The van der Waals surface area contributed by atoms with Crippen molar-refractivity contribution in [2.24, 2.45) is 5.10 Å². The Hall–Kier alpha value is -3.44. The highest BCUT2D eigenvalue weighted by Gasteiger charge is 2.13. The molecule has 0 saturated carbocycles. The number of carbonyl (C=O) groups excluding carboxylic acids is 1. The molecule has 0 fully saturated rings. The normalized spacial score (nSPS) is 10.8. The topological polar surface area (TPSA) is 129 Å². The molecule has 3 rings (SSSR count). The summed E-state index contributed by atoms with van der Waals surface area (Å²) in [7, 11) is 3.09. The van der Waals surface area contributed by atoms with Crippen LogP contribution in [0.3, 0.4) is 0 Å². The van der Waals surface area contributed by atoms with Crippen molar-refractivity contribution in [1.29, 1.82) is 0 Å². The van der Waals surface area contributed by atoms with Crippen molar-refractivity contribution in [3.05, 3.63) is 53.1 Å². The lowest BCUT2D eigenvalue weighted by atomic mass is 10.2. The first-order valence-corrected chi connectivity index (χ1v) is 10.3. The van der Waals surface area contributed by atoms with Gasteiger partial charge in [0.15, 0.2) is 0 Å². The second-order valence-electron chi connectivity index (χ2n) is 5.97. The van der Waals surface area contributed by atoms with Gasteiger partial charge in [0.05, 0.1) is 31.9 Å². The van der Waals surface area contributed by atoms with Gasteiger partial charge in [-0.3, -0.25) is 4.79 Å². The number of anilines is 2. The molecule has 0 bridgehead atoms. The number of hydrazone groups is 1. The molecule has 0 aliphatic heterocycles. The predicted molar refractivity (Wildman–Crippen MR) is 122 cm³/mol. The molecule has 12 heteroatoms. The van der Waals surface area contributed by atoms with Crippen LogP contribution in [0.15, 0.2) is 52.7 Å². The van der Waals surface area contributed by atoms with E-state index in [1.807, 2.05) is 24.3 Å². The Morgan fingerprint density at radius 2 is 2.00 bits per heavy atom. The third-order valence-electron chi connectivity index (χ3n) is 3.94. The molecule has 0 spiro atoms. The Bertz CT molecular complexity index is 1090. The average molecular weight is 462 g/mol. The first-order chi connectivity index (χ1) is 15.0. The third kappa shape index (κ3) is 5.80. The highest BCUT2D eigenvalue weighted by molar-refractivity contribution is 7.99. The van der Waals surface area contributed by atoms with Gasteiger partial charge in [-0.1, -0.05) is 35.5 Å². The summed E-state index contributed by atoms with van der Waals surface area (Å²) in [5, 5.41) is 15.6. The average Bonchev–Trinajstić information content (AvgIpc) is 3.12. The molecule has 0 radical (unpaired) electrons. The molecule has 4 N–H and O–H groups in total. The number of carbonyl (C=O) groups is 1. The van der Waals surface area contributed by atoms with E-state index in [2.05, 4.69) is 26.0 Å². The standard InChI is InChI=1S/C19H20ClN7O3S/c1-29-15-6-4-3-5-12(15)10-22-24-18-25-26-19(27(18)21)31-11-17(28)23-14-9-13(20)7-8-16(14)30-2/h3-10H,11,21H2,1-2H3,(H,23,28)(H,24,25)/b22-10+. The number of aromatic nitrogens is 3. The van der Waals surface area contributed by atoms with Crippen LogP contribution in [0.2, 0.25) is 5.02 Å². The second kappa shape index (κ2) is 10.5. The van der Waals surface area contributed by atoms with Gasteiger partial charge in [-0.2, -0.15) is 5.10 Å². The number of hydrogen-bond donors (Lipinski definition) is 3. The van der Waals surface area contributed by atoms with Gasteiger partial charge in [0.25, 0.3) is 5.95 Å². The van der Waals surface area contributed by atoms with E-state index in [1.54, 1.807) is 31.5 Å². The van der Waals surface area contributed by atoms with Crippen molar-refractivity contribution in [3.8, 4) is 11.5 Å². The SMILES string of the molecule is COc1ccccc1/C=N/Nc1nnc(SCC(=O)Nc2cc(Cl)ccc2OC)n1N. The molecule has 1 amide bonds. The number of nitrogens with zero attached hydrogens (tertiary/aromatic N) is 4. The molecule has 1 heterocycles. The van der Waals surface area contributed by atoms with E-state index in [4.69, 9.17) is 26.9 Å². The first kappa shape index (κ1) is 22.2. The number of nitrogens with two attached hydrogens (primary N) is 1. The maximum atomic E-state index is 12.3. The Labute approximate surface area is 187 Å². The molecule has 2 aromatic carbocycles. The summed E-state index contributed by atoms with van der Waals surface area (Å²) in [6, 6.07) is 12.4. The van der Waals surface area contributed by atoms with Crippen LogP contribution in [0.25, 0.3) is 0 Å². The number of nitrogen functional groups attached to an aromatic ring is 1. The molecular formula is C19H20ClN7O3S. The first-order valence-electron chi connectivity index (χ1n) is 8.90. The van der Waals surface area contributed by atoms with Crippen molar-refractivity contribution in [1.82, 2.24) is 14.9 Å². The maximum absolute atomic E-state index is 12.3. The van der Waals surface area contributed by atoms with Crippen LogP contribution in [0.4, 0.5) is 11.6 Å². The largest absolute Gasteiger partial charge is 0.496 e. The van der Waals surface area contributed by atoms with Gasteiger partial charge in [-0.05, 0) is 30.3 Å². The highest BCUT2D eigenvalue weighted by Crippen LogP contribution is 2.28. The lowest BCUT2D eigenvalue weighted by Gasteiger charge is -2.10. The predicted octanol–water partition coefficient (Wildman–Crippen LogP) is 2.84. The minimum atomic E-state index is -0.280. The van der Waals surface area contributed by atoms with Gasteiger partial charge in [-0.25, -0.2) is 10.1 Å². The number of amides is 1. The molecule has 0 unspecified atom stereocenters. The van der Waals surface area contributed by atoms with Crippen LogP contribution in [0, 0.1) is 0 Å². The molecular weight excluding hydrogens is 442 g/mol. The van der Waals surface area contributed by atoms with E-state index >= 15 is 0 Å². The number of para-hydroxylation sites is 1. The van der Waals surface area contributed by atoms with Crippen molar-refractivity contribution in [2.45, 2.75) is 5.16 Å². The van der Waals surface area contributed by atoms with E-state index in [0.29, 0.717) is 27.4 Å². The van der Waals surface area contributed by atoms with Crippen molar-refractivity contribution in [3.63, 3.8) is 0 Å². The molecule has 0 aliphatic carbocycles. The number of thioether (sulfide) groups is 1. The van der Waals surface area contributed by atoms with Gasteiger partial charge >= 0.3 is 0 Å². The van der Waals surface area contributed by atoms with Gasteiger partial charge in [0, 0.05) is 10.6 Å². The minimum Gasteiger partial charge on any atom is -0.496 e. The van der Waals surface area contributed by atoms with E-state index in [9.17, 15) is 4.79 Å². The number of nitrogens with one attached hydrogen (secondary N) is 2. The fourth-order valence-corrected chi connectivity index (χ4v) is 3.31. The summed E-state index contributed by atoms with van der Waals surface area (Å²) in [6.45, 7) is 0. The summed E-state index contributed by atoms with van der Waals surface area (Å²) in [5.41, 5.74) is 3.97. The summed E-state index contributed by atoms with van der Waals surface area (Å²) in [4.78, 5) is 12.3. The van der Waals surface area contributed by atoms with Crippen molar-refractivity contribution >= 4 is 47.1 Å². The van der Waals surface area contributed by atoms with E-state index < -0.39 is 0 Å². The van der Waals surface area contributed by atoms with Crippen molar-refractivity contribution < 1.29 is 14.3 Å². The highest BCUT2D eigenvalue weighted by atomic mass is 35.5. The Kier molecular flexibility index (Phi) is 7.57. The lowest BCUT2D eigenvalue weighted by Crippen LogP contribution is -2.17. The van der Waals surface area contributed by atoms with E-state index in [1.165, 1.54) is 11.8 Å². The molecule has 0 aliphatic rings. The van der Waals surface area contributed by atoms with E-state index in [0.717, 1.165) is 17.3 Å². The summed E-state index contributed by atoms with van der Waals surface area (Å²) >= 11 is 7.09. The summed E-state index contributed by atoms with van der Waals surface area (Å²) in [5.74, 6) is 7.15. The smallest absolute Gasteiger partial charge is 0.264 e. The number of hydrogen-bond acceptors (Lipinski definition) is 9. The zero-order chi connectivity index (χ0) is 22.2. The van der Waals surface area contributed by atoms with Crippen LogP contribution >= 0.6 is 23.4 Å². The molecule has 31 heavy (non-hydrogen) atoms. The van der Waals surface area contributed by atoms with Gasteiger partial charge in [-0.15, -0.1) is 10.2 Å². The maximum Gasteiger partial charge on any atom is 0.264 e. The fourth-order valence-electron chi connectivity index (χ4n) is 2.48.